The van der Waals surface area contributed by atoms with Crippen molar-refractivity contribution in [2.75, 3.05) is 101 Å². The Kier molecular flexibility index (Phi) is 37.3. The Morgan fingerprint density at radius 1 is 0.425 bits per heavy atom. The molecule has 2 amide bonds. The number of hydrogen-bond acceptors (Lipinski definition) is 6. The van der Waals surface area contributed by atoms with Crippen LogP contribution >= 0.6 is 0 Å². The fraction of sp³-hybridized carbons (Fsp3) is 0.938. The lowest BCUT2D eigenvalue weighted by Gasteiger charge is -2.21. The van der Waals surface area contributed by atoms with E-state index in [0.717, 1.165) is 65.1 Å². The zero-order valence-electron chi connectivity index (χ0n) is 23.6. The second-order valence-corrected chi connectivity index (χ2v) is 10.5. The molecule has 40 heavy (non-hydrogen) atoms. The van der Waals surface area contributed by atoms with E-state index in [0.29, 0.717) is 11.8 Å². The summed E-state index contributed by atoms with van der Waals surface area (Å²) in [6, 6.07) is 0. The van der Waals surface area contributed by atoms with E-state index in [-0.39, 0.29) is 37.1 Å². The van der Waals surface area contributed by atoms with Crippen LogP contribution in [0.1, 0.15) is 101 Å². The van der Waals surface area contributed by atoms with Crippen molar-refractivity contribution in [1.82, 2.24) is 24.5 Å². The normalized spacial score (nSPS) is 20.7. The number of piperidine rings is 2. The van der Waals surface area contributed by atoms with E-state index in [9.17, 15) is 9.59 Å². The van der Waals surface area contributed by atoms with Gasteiger partial charge in [0.2, 0.25) is 11.8 Å². The molecule has 0 aromatic carbocycles. The van der Waals surface area contributed by atoms with Gasteiger partial charge in [0.1, 0.15) is 0 Å². The monoisotopic (exact) mass is 578 g/mol. The summed E-state index contributed by atoms with van der Waals surface area (Å²) in [7, 11) is 10.2. The van der Waals surface area contributed by atoms with Gasteiger partial charge in [-0.3, -0.25) is 9.59 Å². The first-order valence-corrected chi connectivity index (χ1v) is 13.9. The maximum Gasteiger partial charge on any atom is 0.222 e. The van der Waals surface area contributed by atoms with Crippen molar-refractivity contribution in [3.8, 4) is 0 Å². The number of nitrogens with zero attached hydrogens (tertiary/aromatic N) is 5. The number of likely N-dealkylation sites (tertiary alicyclic amines) is 4. The maximum atomic E-state index is 10.7. The molecule has 246 valence electrons. The minimum Gasteiger partial charge on any atom is -0.379 e. The molecule has 0 unspecified atom stereocenters. The van der Waals surface area contributed by atoms with Gasteiger partial charge in [-0.15, -0.1) is 0 Å². The van der Waals surface area contributed by atoms with Crippen LogP contribution in [0.5, 0.6) is 0 Å². The summed E-state index contributed by atoms with van der Waals surface area (Å²) < 4.78 is 5.10. The molecule has 5 saturated heterocycles. The summed E-state index contributed by atoms with van der Waals surface area (Å²) >= 11 is 0. The summed E-state index contributed by atoms with van der Waals surface area (Å²) in [4.78, 5) is 31.8. The number of carbonyl (C=O) groups is 2. The van der Waals surface area contributed by atoms with Crippen LogP contribution < -0.4 is 0 Å². The zero-order valence-corrected chi connectivity index (χ0v) is 23.6. The molecule has 5 aliphatic rings. The van der Waals surface area contributed by atoms with Crippen LogP contribution in [0.2, 0.25) is 0 Å². The number of hydrogen-bond donors (Lipinski definition) is 0. The predicted octanol–water partition coefficient (Wildman–Crippen LogP) is 5.81. The van der Waals surface area contributed by atoms with E-state index in [1.165, 1.54) is 64.7 Å². The van der Waals surface area contributed by atoms with Crippen LogP contribution in [-0.4, -0.2) is 137 Å². The molecular weight excluding hydrogens is 502 g/mol. The highest BCUT2D eigenvalue weighted by atomic mass is 16.5. The van der Waals surface area contributed by atoms with E-state index in [2.05, 4.69) is 35.8 Å². The summed E-state index contributed by atoms with van der Waals surface area (Å²) in [5, 5.41) is 0. The van der Waals surface area contributed by atoms with Crippen molar-refractivity contribution in [3.05, 3.63) is 0 Å². The summed E-state index contributed by atoms with van der Waals surface area (Å²) in [5.41, 5.74) is 0. The molecule has 0 atom stereocenters. The number of rotatable bonds is 0. The lowest BCUT2D eigenvalue weighted by atomic mass is 10.1. The smallest absolute Gasteiger partial charge is 0.222 e. The molecule has 0 bridgehead atoms. The molecule has 5 fully saturated rings. The Bertz CT molecular complexity index is 531. The second-order valence-electron chi connectivity index (χ2n) is 10.5. The highest BCUT2D eigenvalue weighted by molar-refractivity contribution is 5.77. The van der Waals surface area contributed by atoms with Gasteiger partial charge in [0.25, 0.3) is 0 Å². The van der Waals surface area contributed by atoms with Gasteiger partial charge >= 0.3 is 0 Å². The Morgan fingerprint density at radius 3 is 0.950 bits per heavy atom. The Morgan fingerprint density at radius 2 is 0.750 bits per heavy atom. The summed E-state index contributed by atoms with van der Waals surface area (Å²) in [6.45, 7) is 11.2. The Balaban J connectivity index is -0.000000124. The van der Waals surface area contributed by atoms with Gasteiger partial charge in [-0.2, -0.15) is 0 Å². The number of ether oxygens (including phenoxy) is 1. The van der Waals surface area contributed by atoms with Gasteiger partial charge in [-0.05, 0) is 92.3 Å². The number of morpholine rings is 1. The van der Waals surface area contributed by atoms with Gasteiger partial charge in [-0.25, -0.2) is 0 Å². The van der Waals surface area contributed by atoms with Gasteiger partial charge in [0.15, 0.2) is 0 Å². The first-order chi connectivity index (χ1) is 16.8. The van der Waals surface area contributed by atoms with Crippen LogP contribution in [0.3, 0.4) is 0 Å². The predicted molar refractivity (Wildman–Crippen MR) is 178 cm³/mol. The van der Waals surface area contributed by atoms with Crippen molar-refractivity contribution in [2.24, 2.45) is 0 Å². The minimum absolute atomic E-state index is 0. The van der Waals surface area contributed by atoms with Gasteiger partial charge in [0.05, 0.1) is 13.2 Å². The number of likely N-dealkylation sites (N-methyl/N-ethyl adjacent to an activating group) is 1. The van der Waals surface area contributed by atoms with E-state index in [4.69, 9.17) is 4.74 Å². The average Bonchev–Trinajstić information content (AvgIpc) is 3.49. The SMILES string of the molecule is C.C.C.C.C.CN1CCCC1.CN1CCCC1=O.CN1CCCCC1.CN1CCCCC1=O.CN1CCOCC1. The van der Waals surface area contributed by atoms with E-state index in [1.807, 2.05) is 14.1 Å². The molecule has 5 rings (SSSR count). The Labute approximate surface area is 252 Å². The quantitative estimate of drug-likeness (QED) is 0.362. The third kappa shape index (κ3) is 25.7. The molecule has 0 N–H and O–H groups in total. The third-order valence-corrected chi connectivity index (χ3v) is 7.01. The zero-order chi connectivity index (χ0) is 25.9. The molecule has 8 nitrogen and oxygen atoms in total. The van der Waals surface area contributed by atoms with E-state index in [1.54, 1.807) is 9.80 Å². The van der Waals surface area contributed by atoms with Crippen molar-refractivity contribution in [1.29, 1.82) is 0 Å². The largest absolute Gasteiger partial charge is 0.379 e. The molecule has 8 heteroatoms. The van der Waals surface area contributed by atoms with Crippen molar-refractivity contribution in [3.63, 3.8) is 0 Å². The topological polar surface area (TPSA) is 59.6 Å². The molecule has 0 aliphatic carbocycles. The van der Waals surface area contributed by atoms with Gasteiger partial charge in [-0.1, -0.05) is 43.6 Å². The summed E-state index contributed by atoms with van der Waals surface area (Å²) in [6.07, 6.45) is 11.9. The van der Waals surface area contributed by atoms with E-state index < -0.39 is 0 Å². The molecule has 0 spiro atoms. The standard InChI is InChI=1S/C6H11NO.C6H13N.C5H11NO.C5H9NO.C5H11N.5CH4/c1-7-5-3-2-4-6(7)8;1-7-5-3-2-4-6-7;1-6-2-4-7-5-3-6;1-6-4-2-3-5(6)7;1-6-4-2-3-5-6;;;;;/h2-5H2,1H3;2-6H2,1H3;2-5H2,1H3;2-4H2,1H3;2-5H2,1H3;5*1H4. The molecular formula is C32H75N5O3. The van der Waals surface area contributed by atoms with Crippen molar-refractivity contribution in [2.45, 2.75) is 101 Å². The lowest BCUT2D eigenvalue weighted by molar-refractivity contribution is -0.131. The van der Waals surface area contributed by atoms with Crippen molar-refractivity contribution < 1.29 is 14.3 Å². The highest BCUT2D eigenvalue weighted by Crippen LogP contribution is 2.07. The average molecular weight is 578 g/mol. The van der Waals surface area contributed by atoms with Crippen molar-refractivity contribution >= 4 is 11.8 Å². The van der Waals surface area contributed by atoms with Crippen LogP contribution in [0.25, 0.3) is 0 Å². The fourth-order valence-corrected chi connectivity index (χ4v) is 4.31. The van der Waals surface area contributed by atoms with Crippen LogP contribution in [0.15, 0.2) is 0 Å². The van der Waals surface area contributed by atoms with Gasteiger partial charge in [0, 0.05) is 53.1 Å². The number of carbonyl (C=O) groups excluding carboxylic acids is 2. The highest BCUT2D eigenvalue weighted by Gasteiger charge is 2.14. The fourth-order valence-electron chi connectivity index (χ4n) is 4.31. The summed E-state index contributed by atoms with van der Waals surface area (Å²) in [5.74, 6) is 0.594. The third-order valence-electron chi connectivity index (χ3n) is 7.01. The first-order valence-electron chi connectivity index (χ1n) is 13.9. The molecule has 5 heterocycles. The van der Waals surface area contributed by atoms with E-state index >= 15 is 0 Å². The maximum absolute atomic E-state index is 10.7. The van der Waals surface area contributed by atoms with Crippen LogP contribution in [0.4, 0.5) is 0 Å². The lowest BCUT2D eigenvalue weighted by Crippen LogP contribution is -2.32. The minimum atomic E-state index is 0. The molecule has 0 aromatic heterocycles. The first kappa shape index (κ1) is 48.5. The number of amides is 2. The van der Waals surface area contributed by atoms with Crippen LogP contribution in [0, 0.1) is 0 Å². The second kappa shape index (κ2) is 30.7. The van der Waals surface area contributed by atoms with Gasteiger partial charge < -0.3 is 29.2 Å². The Hall–Kier alpha value is -1.22. The molecule has 0 aromatic rings. The molecule has 0 saturated carbocycles. The molecule has 5 aliphatic heterocycles. The van der Waals surface area contributed by atoms with Crippen LogP contribution in [-0.2, 0) is 14.3 Å². The molecule has 0 radical (unpaired) electrons.